The number of carboxylic acids is 1. The molecule has 0 aromatic rings. The van der Waals surface area contributed by atoms with Crippen LogP contribution in [0, 0.1) is 0 Å². The number of carbonyl (C=O) groups excluding carboxylic acids is 1. The van der Waals surface area contributed by atoms with Gasteiger partial charge in [0.05, 0.1) is 5.57 Å². The van der Waals surface area contributed by atoms with Gasteiger partial charge in [-0.2, -0.15) is 0 Å². The van der Waals surface area contributed by atoms with Crippen LogP contribution in [0.25, 0.3) is 0 Å². The monoisotopic (exact) mass is 176 g/mol. The highest BCUT2D eigenvalue weighted by atomic mass is 16.4. The average Bonchev–Trinajstić information content (AvgIpc) is 2.27. The Balaban J connectivity index is 3.08. The zero-order chi connectivity index (χ0) is 9.84. The molecule has 0 spiro atoms. The van der Waals surface area contributed by atoms with Gasteiger partial charge in [0, 0.05) is 5.57 Å². The SMILES string of the molecule is CC(=O)C1=CC=C(C(=O)O)C=C=C1. The van der Waals surface area contributed by atoms with Crippen molar-refractivity contribution < 1.29 is 14.7 Å². The quantitative estimate of drug-likeness (QED) is 0.644. The molecule has 1 rings (SSSR count). The highest BCUT2D eigenvalue weighted by Gasteiger charge is 2.04. The lowest BCUT2D eigenvalue weighted by Crippen LogP contribution is -1.96. The fraction of sp³-hybridized carbons (Fsp3) is 0.100. The maximum absolute atomic E-state index is 10.9. The Labute approximate surface area is 75.4 Å². The third-order valence-electron chi connectivity index (χ3n) is 1.57. The van der Waals surface area contributed by atoms with E-state index in [1.54, 1.807) is 0 Å². The van der Waals surface area contributed by atoms with Gasteiger partial charge in [-0.1, -0.05) is 0 Å². The smallest absolute Gasteiger partial charge is 0.336 e. The first kappa shape index (κ1) is 9.23. The number of ketones is 1. The maximum Gasteiger partial charge on any atom is 0.336 e. The average molecular weight is 176 g/mol. The molecule has 0 atom stereocenters. The predicted molar refractivity (Wildman–Crippen MR) is 47.1 cm³/mol. The Morgan fingerprint density at radius 2 is 1.77 bits per heavy atom. The van der Waals surface area contributed by atoms with Gasteiger partial charge in [-0.05, 0) is 31.2 Å². The first-order chi connectivity index (χ1) is 6.11. The highest BCUT2D eigenvalue weighted by Crippen LogP contribution is 2.06. The molecule has 0 aromatic carbocycles. The van der Waals surface area contributed by atoms with Gasteiger partial charge in [0.1, 0.15) is 0 Å². The Kier molecular flexibility index (Phi) is 2.62. The number of carboxylic acid groups (broad SMARTS) is 1. The van der Waals surface area contributed by atoms with Gasteiger partial charge in [-0.25, -0.2) is 4.79 Å². The van der Waals surface area contributed by atoms with E-state index in [9.17, 15) is 9.59 Å². The van der Waals surface area contributed by atoms with Crippen molar-refractivity contribution in [3.8, 4) is 0 Å². The lowest BCUT2D eigenvalue weighted by molar-refractivity contribution is -0.132. The first-order valence-corrected chi connectivity index (χ1v) is 3.70. The summed E-state index contributed by atoms with van der Waals surface area (Å²) in [4.78, 5) is 21.4. The van der Waals surface area contributed by atoms with E-state index in [-0.39, 0.29) is 11.4 Å². The van der Waals surface area contributed by atoms with Crippen LogP contribution in [0.5, 0.6) is 0 Å². The molecule has 0 aromatic heterocycles. The molecule has 0 bridgehead atoms. The second-order valence-corrected chi connectivity index (χ2v) is 2.56. The fourth-order valence-corrected chi connectivity index (χ4v) is 0.849. The Morgan fingerprint density at radius 3 is 2.31 bits per heavy atom. The highest BCUT2D eigenvalue weighted by molar-refractivity contribution is 5.97. The van der Waals surface area contributed by atoms with Crippen LogP contribution in [0.1, 0.15) is 6.92 Å². The van der Waals surface area contributed by atoms with Gasteiger partial charge >= 0.3 is 5.97 Å². The van der Waals surface area contributed by atoms with Crippen molar-refractivity contribution in [1.29, 1.82) is 0 Å². The van der Waals surface area contributed by atoms with E-state index in [0.717, 1.165) is 0 Å². The number of Topliss-reactive ketones (excluding diaryl/α,β-unsaturated/α-hetero) is 1. The number of carbonyl (C=O) groups is 2. The molecular weight excluding hydrogens is 168 g/mol. The van der Waals surface area contributed by atoms with Crippen molar-refractivity contribution in [3.63, 3.8) is 0 Å². The minimum absolute atomic E-state index is 0.108. The van der Waals surface area contributed by atoms with E-state index >= 15 is 0 Å². The molecule has 3 nitrogen and oxygen atoms in total. The summed E-state index contributed by atoms with van der Waals surface area (Å²) in [6.45, 7) is 1.42. The summed E-state index contributed by atoms with van der Waals surface area (Å²) < 4.78 is 0. The van der Waals surface area contributed by atoms with Crippen LogP contribution in [0.2, 0.25) is 0 Å². The van der Waals surface area contributed by atoms with E-state index < -0.39 is 5.97 Å². The molecular formula is C10H8O3. The van der Waals surface area contributed by atoms with Crippen molar-refractivity contribution >= 4 is 11.8 Å². The standard InChI is InChI=1S/C10H8O3/c1-7(11)8-3-2-4-9(6-5-8)10(12)13/h3-6H,1H3,(H,12,13). The predicted octanol–water partition coefficient (Wildman–Crippen LogP) is 1.24. The first-order valence-electron chi connectivity index (χ1n) is 3.70. The molecule has 1 aliphatic carbocycles. The normalized spacial score (nSPS) is 14.5. The van der Waals surface area contributed by atoms with E-state index in [2.05, 4.69) is 5.73 Å². The molecule has 13 heavy (non-hydrogen) atoms. The summed E-state index contributed by atoms with van der Waals surface area (Å²) in [5, 5.41) is 8.62. The Hall–Kier alpha value is -1.86. The molecule has 0 radical (unpaired) electrons. The van der Waals surface area contributed by atoms with Crippen molar-refractivity contribution in [2.24, 2.45) is 0 Å². The molecule has 66 valence electrons. The summed E-state index contributed by atoms with van der Waals surface area (Å²) in [6, 6.07) is 0. The maximum atomic E-state index is 10.9. The van der Waals surface area contributed by atoms with Crippen molar-refractivity contribution in [2.75, 3.05) is 0 Å². The second-order valence-electron chi connectivity index (χ2n) is 2.56. The number of aliphatic carboxylic acids is 1. The molecule has 0 saturated carbocycles. The summed E-state index contributed by atoms with van der Waals surface area (Å²) in [6.07, 6.45) is 5.65. The minimum atomic E-state index is -1.03. The van der Waals surface area contributed by atoms with Crippen molar-refractivity contribution in [1.82, 2.24) is 0 Å². The summed E-state index contributed by atoms with van der Waals surface area (Å²) >= 11 is 0. The zero-order valence-corrected chi connectivity index (χ0v) is 7.07. The van der Waals surface area contributed by atoms with Gasteiger partial charge in [-0.15, -0.1) is 5.73 Å². The summed E-state index contributed by atoms with van der Waals surface area (Å²) in [5.41, 5.74) is 3.19. The number of allylic oxidation sites excluding steroid dienone is 3. The van der Waals surface area contributed by atoms with E-state index in [0.29, 0.717) is 5.57 Å². The molecule has 0 heterocycles. The van der Waals surface area contributed by atoms with Crippen LogP contribution in [-0.2, 0) is 9.59 Å². The second kappa shape index (κ2) is 3.70. The lowest BCUT2D eigenvalue weighted by Gasteiger charge is -1.89. The third-order valence-corrected chi connectivity index (χ3v) is 1.57. The van der Waals surface area contributed by atoms with Crippen LogP contribution in [0.3, 0.4) is 0 Å². The van der Waals surface area contributed by atoms with Crippen molar-refractivity contribution in [3.05, 3.63) is 41.2 Å². The largest absolute Gasteiger partial charge is 0.478 e. The number of rotatable bonds is 2. The molecule has 1 N–H and O–H groups in total. The Bertz CT molecular complexity index is 343. The Morgan fingerprint density at radius 1 is 1.23 bits per heavy atom. The number of hydrogen-bond donors (Lipinski definition) is 1. The van der Waals surface area contributed by atoms with Crippen molar-refractivity contribution in [2.45, 2.75) is 6.92 Å². The van der Waals surface area contributed by atoms with E-state index in [1.807, 2.05) is 0 Å². The van der Waals surface area contributed by atoms with E-state index in [1.165, 1.54) is 31.2 Å². The van der Waals surface area contributed by atoms with Gasteiger partial charge in [0.25, 0.3) is 0 Å². The third kappa shape index (κ3) is 2.29. The fourth-order valence-electron chi connectivity index (χ4n) is 0.849. The van der Waals surface area contributed by atoms with Gasteiger partial charge in [-0.3, -0.25) is 4.79 Å². The van der Waals surface area contributed by atoms with Crippen LogP contribution in [0.4, 0.5) is 0 Å². The van der Waals surface area contributed by atoms with Crippen LogP contribution in [0.15, 0.2) is 41.2 Å². The van der Waals surface area contributed by atoms with Crippen LogP contribution >= 0.6 is 0 Å². The molecule has 0 fully saturated rings. The molecule has 3 heteroatoms. The van der Waals surface area contributed by atoms with Crippen LogP contribution < -0.4 is 0 Å². The van der Waals surface area contributed by atoms with Gasteiger partial charge in [0.15, 0.2) is 5.78 Å². The zero-order valence-electron chi connectivity index (χ0n) is 7.07. The van der Waals surface area contributed by atoms with Gasteiger partial charge < -0.3 is 5.11 Å². The van der Waals surface area contributed by atoms with Gasteiger partial charge in [0.2, 0.25) is 0 Å². The summed E-state index contributed by atoms with van der Waals surface area (Å²) in [5.74, 6) is -1.13. The minimum Gasteiger partial charge on any atom is -0.478 e. The molecule has 1 aliphatic rings. The van der Waals surface area contributed by atoms with E-state index in [4.69, 9.17) is 5.11 Å². The topological polar surface area (TPSA) is 54.4 Å². The molecule has 0 amide bonds. The molecule has 0 unspecified atom stereocenters. The number of hydrogen-bond acceptors (Lipinski definition) is 2. The van der Waals surface area contributed by atoms with Crippen LogP contribution in [-0.4, -0.2) is 16.9 Å². The molecule has 0 saturated heterocycles. The lowest BCUT2D eigenvalue weighted by atomic mass is 10.1. The summed E-state index contributed by atoms with van der Waals surface area (Å²) in [7, 11) is 0. The molecule has 0 aliphatic heterocycles.